The molecule has 3 aromatic heterocycles. The SMILES string of the molecule is NC1CC(NC(=O)N2CCN(C(=O)c3ccc(Nc4nccn5c(-c6cn[nH]c6C(F)(F)F)cnc45)cc3Cl)CC2)C1.O=CO. The summed E-state index contributed by atoms with van der Waals surface area (Å²) >= 11 is 6.50. The monoisotopic (exact) mass is 648 g/mol. The quantitative estimate of drug-likeness (QED) is 0.203. The summed E-state index contributed by atoms with van der Waals surface area (Å²) in [5.41, 5.74) is 5.91. The van der Waals surface area contributed by atoms with Crippen molar-refractivity contribution in [1.82, 2.24) is 39.7 Å². The van der Waals surface area contributed by atoms with Crippen molar-refractivity contribution in [3.8, 4) is 11.3 Å². The van der Waals surface area contributed by atoms with Gasteiger partial charge in [0.25, 0.3) is 12.4 Å². The first kappa shape index (κ1) is 31.5. The molecular formula is C27H28ClF3N10O4. The van der Waals surface area contributed by atoms with Gasteiger partial charge < -0.3 is 31.3 Å². The van der Waals surface area contributed by atoms with E-state index in [4.69, 9.17) is 27.2 Å². The van der Waals surface area contributed by atoms with Gasteiger partial charge in [0.05, 0.1) is 34.2 Å². The van der Waals surface area contributed by atoms with Crippen LogP contribution in [0.1, 0.15) is 28.9 Å². The number of nitrogens with one attached hydrogen (secondary N) is 3. The maximum Gasteiger partial charge on any atom is 0.433 e. The number of rotatable bonds is 5. The van der Waals surface area contributed by atoms with Gasteiger partial charge in [0.15, 0.2) is 11.5 Å². The van der Waals surface area contributed by atoms with Crippen molar-refractivity contribution in [3.05, 3.63) is 59.3 Å². The van der Waals surface area contributed by atoms with Crippen molar-refractivity contribution in [3.63, 3.8) is 0 Å². The number of halogens is 4. The lowest BCUT2D eigenvalue weighted by Crippen LogP contribution is -2.57. The number of imidazole rings is 1. The zero-order valence-corrected chi connectivity index (χ0v) is 24.2. The number of fused-ring (bicyclic) bond motifs is 1. The lowest BCUT2D eigenvalue weighted by molar-refractivity contribution is -0.140. The van der Waals surface area contributed by atoms with E-state index in [2.05, 4.69) is 25.7 Å². The van der Waals surface area contributed by atoms with E-state index in [-0.39, 0.29) is 58.2 Å². The van der Waals surface area contributed by atoms with E-state index in [9.17, 15) is 22.8 Å². The van der Waals surface area contributed by atoms with Crippen LogP contribution < -0.4 is 16.4 Å². The fraction of sp³-hybridized carbons (Fsp3) is 0.333. The molecule has 1 aliphatic carbocycles. The Labute approximate surface area is 258 Å². The van der Waals surface area contributed by atoms with Crippen molar-refractivity contribution in [2.75, 3.05) is 31.5 Å². The lowest BCUT2D eigenvalue weighted by Gasteiger charge is -2.38. The van der Waals surface area contributed by atoms with Crippen LogP contribution in [-0.4, -0.2) is 96.1 Å². The van der Waals surface area contributed by atoms with Crippen LogP contribution in [0.25, 0.3) is 16.9 Å². The molecule has 238 valence electrons. The Balaban J connectivity index is 0.00000128. The van der Waals surface area contributed by atoms with Gasteiger partial charge in [-0.05, 0) is 31.0 Å². The van der Waals surface area contributed by atoms with Gasteiger partial charge in [-0.15, -0.1) is 0 Å². The van der Waals surface area contributed by atoms with Crippen molar-refractivity contribution in [2.45, 2.75) is 31.1 Å². The Hall–Kier alpha value is -4.90. The van der Waals surface area contributed by atoms with Crippen LogP contribution in [0.2, 0.25) is 5.02 Å². The molecule has 0 unspecified atom stereocenters. The number of hydrogen-bond acceptors (Lipinski definition) is 8. The van der Waals surface area contributed by atoms with E-state index in [1.807, 2.05) is 5.10 Å². The Morgan fingerprint density at radius 3 is 2.44 bits per heavy atom. The number of piperazine rings is 1. The number of urea groups is 1. The Bertz CT molecular complexity index is 1700. The summed E-state index contributed by atoms with van der Waals surface area (Å²) in [5.74, 6) is 0.0181. The minimum atomic E-state index is -4.62. The number of aromatic amines is 1. The second-order valence-electron chi connectivity index (χ2n) is 10.4. The molecule has 1 aliphatic heterocycles. The molecule has 0 spiro atoms. The lowest BCUT2D eigenvalue weighted by atomic mass is 9.88. The number of carbonyl (C=O) groups excluding carboxylic acids is 2. The molecule has 4 aromatic rings. The topological polar surface area (TPSA) is 187 Å². The summed E-state index contributed by atoms with van der Waals surface area (Å²) in [6.45, 7) is 1.29. The van der Waals surface area contributed by atoms with Crippen LogP contribution >= 0.6 is 11.6 Å². The molecule has 1 saturated carbocycles. The Kier molecular flexibility index (Phi) is 9.10. The number of nitrogens with two attached hydrogens (primary N) is 1. The smallest absolute Gasteiger partial charge is 0.433 e. The number of carboxylic acid groups (broad SMARTS) is 1. The number of alkyl halides is 3. The van der Waals surface area contributed by atoms with Crippen molar-refractivity contribution in [2.24, 2.45) is 5.73 Å². The van der Waals surface area contributed by atoms with Gasteiger partial charge >= 0.3 is 12.2 Å². The number of carbonyl (C=O) groups is 3. The van der Waals surface area contributed by atoms with Crippen molar-refractivity contribution >= 4 is 47.2 Å². The molecule has 1 saturated heterocycles. The minimum absolute atomic E-state index is 0.106. The third kappa shape index (κ3) is 6.78. The largest absolute Gasteiger partial charge is 0.483 e. The van der Waals surface area contributed by atoms with Crippen LogP contribution in [0.3, 0.4) is 0 Å². The zero-order chi connectivity index (χ0) is 32.3. The summed E-state index contributed by atoms with van der Waals surface area (Å²) in [6.07, 6.45) is 2.25. The highest BCUT2D eigenvalue weighted by Gasteiger charge is 2.37. The fourth-order valence-corrected chi connectivity index (χ4v) is 5.40. The number of hydrogen-bond donors (Lipinski definition) is 5. The van der Waals surface area contributed by atoms with Crippen molar-refractivity contribution < 1.29 is 32.7 Å². The summed E-state index contributed by atoms with van der Waals surface area (Å²) in [5, 5.41) is 18.7. The highest BCUT2D eigenvalue weighted by atomic mass is 35.5. The first-order valence-corrected chi connectivity index (χ1v) is 14.1. The molecule has 14 nitrogen and oxygen atoms in total. The molecule has 3 amide bonds. The number of benzene rings is 1. The number of aromatic nitrogens is 5. The molecule has 4 heterocycles. The van der Waals surface area contributed by atoms with E-state index < -0.39 is 11.9 Å². The predicted molar refractivity (Wildman–Crippen MR) is 156 cm³/mol. The van der Waals surface area contributed by atoms with Crippen LogP contribution in [0.5, 0.6) is 0 Å². The molecule has 6 rings (SSSR count). The second kappa shape index (κ2) is 13.0. The van der Waals surface area contributed by atoms with Crippen LogP contribution in [0.15, 0.2) is 43.0 Å². The van der Waals surface area contributed by atoms with E-state index in [1.165, 1.54) is 23.0 Å². The number of nitrogens with zero attached hydrogens (tertiary/aromatic N) is 6. The van der Waals surface area contributed by atoms with E-state index in [0.717, 1.165) is 19.0 Å². The van der Waals surface area contributed by atoms with Gasteiger partial charge in [-0.1, -0.05) is 11.6 Å². The summed E-state index contributed by atoms with van der Waals surface area (Å²) in [4.78, 5) is 45.9. The van der Waals surface area contributed by atoms with Gasteiger partial charge in [0, 0.05) is 56.3 Å². The molecule has 0 radical (unpaired) electrons. The average molecular weight is 649 g/mol. The van der Waals surface area contributed by atoms with Crippen molar-refractivity contribution in [1.29, 1.82) is 0 Å². The number of amides is 3. The van der Waals surface area contributed by atoms with Gasteiger partial charge in [0.1, 0.15) is 5.69 Å². The summed E-state index contributed by atoms with van der Waals surface area (Å²) in [7, 11) is 0. The molecular weight excluding hydrogens is 621 g/mol. The Morgan fingerprint density at radius 2 is 1.80 bits per heavy atom. The normalized spacial score (nSPS) is 18.1. The van der Waals surface area contributed by atoms with Gasteiger partial charge in [-0.25, -0.2) is 14.8 Å². The van der Waals surface area contributed by atoms with Gasteiger partial charge in [-0.2, -0.15) is 18.3 Å². The molecule has 2 fully saturated rings. The zero-order valence-electron chi connectivity index (χ0n) is 23.5. The van der Waals surface area contributed by atoms with Crippen LogP contribution in [0, 0.1) is 0 Å². The third-order valence-corrected chi connectivity index (χ3v) is 7.76. The predicted octanol–water partition coefficient (Wildman–Crippen LogP) is 3.19. The third-order valence-electron chi connectivity index (χ3n) is 7.45. The molecule has 18 heteroatoms. The van der Waals surface area contributed by atoms with Crippen LogP contribution in [-0.2, 0) is 11.0 Å². The molecule has 1 aromatic carbocycles. The molecule has 2 aliphatic rings. The highest BCUT2D eigenvalue weighted by molar-refractivity contribution is 6.34. The number of H-pyrrole nitrogens is 1. The standard InChI is InChI=1S/C26H26ClF3N10O2.CH2O2/c27-19-11-15(1-2-17(19)24(41)38-5-7-39(8-6-38)25(42)36-16-9-14(31)10-16)35-22-23-33-13-20(40(23)4-3-32-22)18-12-34-37-21(18)26(28,29)30;2-1-3/h1-4,11-14,16H,5-10,31H2,(H,32,35)(H,34,37)(H,36,42);1H,(H,2,3). The highest BCUT2D eigenvalue weighted by Crippen LogP contribution is 2.36. The molecule has 0 atom stereocenters. The van der Waals surface area contributed by atoms with Gasteiger partial charge in [-0.3, -0.25) is 19.1 Å². The molecule has 0 bridgehead atoms. The van der Waals surface area contributed by atoms with E-state index in [1.54, 1.807) is 28.0 Å². The first-order valence-electron chi connectivity index (χ1n) is 13.7. The molecule has 6 N–H and O–H groups in total. The summed E-state index contributed by atoms with van der Waals surface area (Å²) < 4.78 is 41.7. The van der Waals surface area contributed by atoms with Crippen LogP contribution in [0.4, 0.5) is 29.5 Å². The van der Waals surface area contributed by atoms with E-state index in [0.29, 0.717) is 37.4 Å². The average Bonchev–Trinajstić information content (AvgIpc) is 3.65. The summed E-state index contributed by atoms with van der Waals surface area (Å²) in [6, 6.07) is 4.90. The first-order chi connectivity index (χ1) is 21.5. The maximum absolute atomic E-state index is 13.4. The number of anilines is 2. The second-order valence-corrected chi connectivity index (χ2v) is 10.8. The Morgan fingerprint density at radius 1 is 1.11 bits per heavy atom. The maximum atomic E-state index is 13.4. The minimum Gasteiger partial charge on any atom is -0.483 e. The van der Waals surface area contributed by atoms with E-state index >= 15 is 0 Å². The fourth-order valence-electron chi connectivity index (χ4n) is 5.13. The van der Waals surface area contributed by atoms with Gasteiger partial charge in [0.2, 0.25) is 0 Å². The molecule has 45 heavy (non-hydrogen) atoms.